The number of anilines is 1. The maximum Gasteiger partial charge on any atom is 0.451 e. The number of H-pyrrole nitrogens is 1. The van der Waals surface area contributed by atoms with Gasteiger partial charge in [0.2, 0.25) is 11.8 Å². The van der Waals surface area contributed by atoms with Gasteiger partial charge in [0.05, 0.1) is 5.56 Å². The standard InChI is InChI=1S/C11H9F3N4O2/c1-5-2-3-7(19)6(4-5)8(20)15-10-16-9(17-18-10)11(12,13)14/h2-4,19H,1H3,(H2,15,16,17,18,20). The molecule has 20 heavy (non-hydrogen) atoms. The summed E-state index contributed by atoms with van der Waals surface area (Å²) in [6.07, 6.45) is -4.68. The number of hydrogen-bond acceptors (Lipinski definition) is 4. The number of rotatable bonds is 2. The smallest absolute Gasteiger partial charge is 0.451 e. The number of aromatic amines is 1. The van der Waals surface area contributed by atoms with Crippen LogP contribution in [0.4, 0.5) is 19.1 Å². The summed E-state index contributed by atoms with van der Waals surface area (Å²) in [6.45, 7) is 1.70. The second-order valence-corrected chi connectivity index (χ2v) is 3.98. The van der Waals surface area contributed by atoms with Crippen molar-refractivity contribution in [2.24, 2.45) is 0 Å². The lowest BCUT2D eigenvalue weighted by Gasteiger charge is -2.04. The van der Waals surface area contributed by atoms with Crippen LogP contribution in [0, 0.1) is 6.92 Å². The van der Waals surface area contributed by atoms with E-state index in [0.29, 0.717) is 5.56 Å². The SMILES string of the molecule is Cc1ccc(O)c(C(=O)Nc2n[nH]c(C(F)(F)F)n2)c1. The lowest BCUT2D eigenvalue weighted by molar-refractivity contribution is -0.144. The van der Waals surface area contributed by atoms with E-state index in [2.05, 4.69) is 15.4 Å². The molecule has 0 atom stereocenters. The maximum absolute atomic E-state index is 12.3. The summed E-state index contributed by atoms with van der Waals surface area (Å²) in [5, 5.41) is 16.5. The predicted molar refractivity (Wildman–Crippen MR) is 62.2 cm³/mol. The van der Waals surface area contributed by atoms with E-state index in [-0.39, 0.29) is 11.3 Å². The third kappa shape index (κ3) is 2.87. The van der Waals surface area contributed by atoms with Gasteiger partial charge in [-0.3, -0.25) is 15.2 Å². The van der Waals surface area contributed by atoms with Crippen LogP contribution in [0.5, 0.6) is 5.75 Å². The number of aryl methyl sites for hydroxylation is 1. The van der Waals surface area contributed by atoms with E-state index in [9.17, 15) is 23.1 Å². The lowest BCUT2D eigenvalue weighted by Crippen LogP contribution is -2.14. The van der Waals surface area contributed by atoms with Crippen molar-refractivity contribution in [2.45, 2.75) is 13.1 Å². The molecule has 0 aliphatic rings. The molecule has 1 aromatic heterocycles. The number of alkyl halides is 3. The fraction of sp³-hybridized carbons (Fsp3) is 0.182. The Labute approximate surface area is 110 Å². The molecule has 1 heterocycles. The molecule has 0 aliphatic carbocycles. The highest BCUT2D eigenvalue weighted by molar-refractivity contribution is 6.05. The number of benzene rings is 1. The zero-order valence-electron chi connectivity index (χ0n) is 10.1. The Morgan fingerprint density at radius 3 is 2.70 bits per heavy atom. The van der Waals surface area contributed by atoms with Gasteiger partial charge in [-0.2, -0.15) is 18.2 Å². The first kappa shape index (κ1) is 13.8. The van der Waals surface area contributed by atoms with Crippen LogP contribution in [0.25, 0.3) is 0 Å². The highest BCUT2D eigenvalue weighted by atomic mass is 19.4. The number of nitrogens with one attached hydrogen (secondary N) is 2. The van der Waals surface area contributed by atoms with Crippen LogP contribution in [-0.4, -0.2) is 26.2 Å². The minimum absolute atomic E-state index is 0.0802. The Morgan fingerprint density at radius 2 is 2.10 bits per heavy atom. The summed E-state index contributed by atoms with van der Waals surface area (Å²) in [6, 6.07) is 4.28. The van der Waals surface area contributed by atoms with Crippen molar-refractivity contribution in [3.05, 3.63) is 35.2 Å². The van der Waals surface area contributed by atoms with Crippen LogP contribution in [0.2, 0.25) is 0 Å². The van der Waals surface area contributed by atoms with Crippen molar-refractivity contribution in [3.8, 4) is 5.75 Å². The Hall–Kier alpha value is -2.58. The molecular formula is C11H9F3N4O2. The third-order valence-electron chi connectivity index (χ3n) is 2.38. The Morgan fingerprint density at radius 1 is 1.40 bits per heavy atom. The molecule has 6 nitrogen and oxygen atoms in total. The van der Waals surface area contributed by atoms with Crippen LogP contribution in [-0.2, 0) is 6.18 Å². The minimum atomic E-state index is -4.68. The molecule has 1 aromatic carbocycles. The molecule has 9 heteroatoms. The first-order chi connectivity index (χ1) is 9.27. The highest BCUT2D eigenvalue weighted by Crippen LogP contribution is 2.26. The molecule has 1 amide bonds. The number of carbonyl (C=O) groups is 1. The molecule has 0 spiro atoms. The third-order valence-corrected chi connectivity index (χ3v) is 2.38. The van der Waals surface area contributed by atoms with Gasteiger partial charge in [-0.25, -0.2) is 0 Å². The topological polar surface area (TPSA) is 90.9 Å². The van der Waals surface area contributed by atoms with Crippen molar-refractivity contribution in [2.75, 3.05) is 5.32 Å². The number of carbonyl (C=O) groups excluding carboxylic acids is 1. The average molecular weight is 286 g/mol. The lowest BCUT2D eigenvalue weighted by atomic mass is 10.1. The number of amides is 1. The first-order valence-corrected chi connectivity index (χ1v) is 5.38. The van der Waals surface area contributed by atoms with Crippen LogP contribution in [0.15, 0.2) is 18.2 Å². The summed E-state index contributed by atoms with van der Waals surface area (Å²) in [7, 11) is 0. The zero-order valence-corrected chi connectivity index (χ0v) is 10.1. The van der Waals surface area contributed by atoms with Crippen molar-refractivity contribution >= 4 is 11.9 Å². The van der Waals surface area contributed by atoms with Gasteiger partial charge >= 0.3 is 6.18 Å². The van der Waals surface area contributed by atoms with Gasteiger partial charge in [0.1, 0.15) is 5.75 Å². The van der Waals surface area contributed by atoms with E-state index < -0.39 is 23.9 Å². The second-order valence-electron chi connectivity index (χ2n) is 3.98. The van der Waals surface area contributed by atoms with Crippen molar-refractivity contribution in [1.82, 2.24) is 15.2 Å². The Kier molecular flexibility index (Phi) is 3.35. The Balaban J connectivity index is 2.20. The van der Waals surface area contributed by atoms with Gasteiger partial charge in [-0.05, 0) is 19.1 Å². The molecule has 0 aliphatic heterocycles. The fourth-order valence-corrected chi connectivity index (χ4v) is 1.45. The van der Waals surface area contributed by atoms with Crippen molar-refractivity contribution in [1.29, 1.82) is 0 Å². The summed E-state index contributed by atoms with van der Waals surface area (Å²) in [4.78, 5) is 14.9. The van der Waals surface area contributed by atoms with E-state index in [1.54, 1.807) is 18.1 Å². The average Bonchev–Trinajstić information content (AvgIpc) is 2.80. The summed E-state index contributed by atoms with van der Waals surface area (Å²) < 4.78 is 36.9. The monoisotopic (exact) mass is 286 g/mol. The zero-order chi connectivity index (χ0) is 14.9. The number of nitrogens with zero attached hydrogens (tertiary/aromatic N) is 2. The summed E-state index contributed by atoms with van der Waals surface area (Å²) in [5.74, 6) is -2.94. The highest BCUT2D eigenvalue weighted by Gasteiger charge is 2.35. The van der Waals surface area contributed by atoms with Gasteiger partial charge in [-0.15, -0.1) is 5.10 Å². The maximum atomic E-state index is 12.3. The largest absolute Gasteiger partial charge is 0.507 e. The van der Waals surface area contributed by atoms with Crippen molar-refractivity contribution in [3.63, 3.8) is 0 Å². The van der Waals surface area contributed by atoms with E-state index in [0.717, 1.165) is 0 Å². The molecule has 2 aromatic rings. The van der Waals surface area contributed by atoms with E-state index in [1.165, 1.54) is 12.1 Å². The summed E-state index contributed by atoms with van der Waals surface area (Å²) in [5.41, 5.74) is 0.627. The molecular weight excluding hydrogens is 277 g/mol. The molecule has 0 saturated heterocycles. The first-order valence-electron chi connectivity index (χ1n) is 5.38. The quantitative estimate of drug-likeness (QED) is 0.788. The number of hydrogen-bond donors (Lipinski definition) is 3. The second kappa shape index (κ2) is 4.83. The van der Waals surface area contributed by atoms with Crippen LogP contribution in [0.3, 0.4) is 0 Å². The molecule has 2 rings (SSSR count). The van der Waals surface area contributed by atoms with Crippen LogP contribution in [0.1, 0.15) is 21.7 Å². The van der Waals surface area contributed by atoms with Gasteiger partial charge in [0.15, 0.2) is 0 Å². The fourth-order valence-electron chi connectivity index (χ4n) is 1.45. The normalized spacial score (nSPS) is 11.4. The molecule has 0 radical (unpaired) electrons. The number of phenols is 1. The number of aromatic nitrogens is 3. The molecule has 0 unspecified atom stereocenters. The molecule has 0 bridgehead atoms. The van der Waals surface area contributed by atoms with E-state index in [1.807, 2.05) is 0 Å². The van der Waals surface area contributed by atoms with Gasteiger partial charge in [0.25, 0.3) is 5.91 Å². The van der Waals surface area contributed by atoms with Gasteiger partial charge in [-0.1, -0.05) is 11.6 Å². The molecule has 0 fully saturated rings. The van der Waals surface area contributed by atoms with Crippen LogP contribution < -0.4 is 5.32 Å². The number of halogens is 3. The summed E-state index contributed by atoms with van der Waals surface area (Å²) >= 11 is 0. The molecule has 3 N–H and O–H groups in total. The van der Waals surface area contributed by atoms with E-state index >= 15 is 0 Å². The molecule has 106 valence electrons. The molecule has 0 saturated carbocycles. The van der Waals surface area contributed by atoms with E-state index in [4.69, 9.17) is 0 Å². The predicted octanol–water partition coefficient (Wildman–Crippen LogP) is 2.09. The van der Waals surface area contributed by atoms with Gasteiger partial charge < -0.3 is 5.11 Å². The number of aromatic hydroxyl groups is 1. The number of phenolic OH excluding ortho intramolecular Hbond substituents is 1. The van der Waals surface area contributed by atoms with Crippen LogP contribution >= 0.6 is 0 Å². The van der Waals surface area contributed by atoms with Gasteiger partial charge in [0, 0.05) is 0 Å². The Bertz CT molecular complexity index is 651. The van der Waals surface area contributed by atoms with Crippen molar-refractivity contribution < 1.29 is 23.1 Å². The minimum Gasteiger partial charge on any atom is -0.507 e.